The average Bonchev–Trinajstić information content (AvgIpc) is 2.79. The van der Waals surface area contributed by atoms with E-state index < -0.39 is 10.0 Å². The van der Waals surface area contributed by atoms with E-state index in [1.54, 1.807) is 30.3 Å². The Morgan fingerprint density at radius 3 is 2.87 bits per heavy atom. The largest absolute Gasteiger partial charge is 0.263 e. The molecule has 1 heterocycles. The molecule has 0 saturated heterocycles. The maximum Gasteiger partial charge on any atom is 0.263 e. The van der Waals surface area contributed by atoms with Crippen molar-refractivity contribution in [2.45, 2.75) is 30.2 Å². The van der Waals surface area contributed by atoms with Gasteiger partial charge in [0.2, 0.25) is 0 Å². The SMILES string of the molecule is O=S1(=O)NC(=NC2CCCc3ccc(F)cc32)c2ccccc21. The second-order valence-corrected chi connectivity index (χ2v) is 7.48. The van der Waals surface area contributed by atoms with E-state index in [1.807, 2.05) is 0 Å². The Morgan fingerprint density at radius 2 is 2.00 bits per heavy atom. The fourth-order valence-corrected chi connectivity index (χ4v) is 4.50. The fourth-order valence-electron chi connectivity index (χ4n) is 3.26. The van der Waals surface area contributed by atoms with Crippen LogP contribution in [0.1, 0.15) is 35.6 Å². The van der Waals surface area contributed by atoms with Gasteiger partial charge in [-0.3, -0.25) is 9.71 Å². The summed E-state index contributed by atoms with van der Waals surface area (Å²) in [5.74, 6) is 0.0611. The lowest BCUT2D eigenvalue weighted by molar-refractivity contribution is 0.558. The third-order valence-corrected chi connectivity index (χ3v) is 5.74. The van der Waals surface area contributed by atoms with Crippen LogP contribution in [0.3, 0.4) is 0 Å². The number of fused-ring (bicyclic) bond motifs is 2. The summed E-state index contributed by atoms with van der Waals surface area (Å²) in [4.78, 5) is 4.86. The summed E-state index contributed by atoms with van der Waals surface area (Å²) < 4.78 is 40.4. The second-order valence-electron chi connectivity index (χ2n) is 5.83. The van der Waals surface area contributed by atoms with Crippen molar-refractivity contribution in [3.05, 3.63) is 65.0 Å². The predicted molar refractivity (Wildman–Crippen MR) is 85.4 cm³/mol. The van der Waals surface area contributed by atoms with Gasteiger partial charge in [0.05, 0.1) is 10.9 Å². The van der Waals surface area contributed by atoms with Crippen LogP contribution in [0, 0.1) is 5.82 Å². The van der Waals surface area contributed by atoms with Crippen LogP contribution in [0.25, 0.3) is 0 Å². The van der Waals surface area contributed by atoms with Crippen molar-refractivity contribution >= 4 is 15.9 Å². The maximum atomic E-state index is 13.6. The Bertz CT molecular complexity index is 922. The number of aliphatic imine (C=N–C) groups is 1. The summed E-state index contributed by atoms with van der Waals surface area (Å²) in [5, 5.41) is 0. The molecule has 1 unspecified atom stereocenters. The predicted octanol–water partition coefficient (Wildman–Crippen LogP) is 2.94. The van der Waals surface area contributed by atoms with Crippen LogP contribution in [-0.4, -0.2) is 14.3 Å². The highest BCUT2D eigenvalue weighted by Gasteiger charge is 2.31. The maximum absolute atomic E-state index is 13.6. The van der Waals surface area contributed by atoms with Gasteiger partial charge in [0.15, 0.2) is 0 Å². The zero-order chi connectivity index (χ0) is 16.0. The average molecular weight is 330 g/mol. The number of amidine groups is 1. The number of sulfonamides is 1. The smallest absolute Gasteiger partial charge is 0.263 e. The van der Waals surface area contributed by atoms with Crippen LogP contribution in [0.5, 0.6) is 0 Å². The molecule has 1 N–H and O–H groups in total. The molecule has 0 spiro atoms. The molecule has 0 bridgehead atoms. The van der Waals surface area contributed by atoms with Crippen LogP contribution in [-0.2, 0) is 16.4 Å². The standard InChI is InChI=1S/C17H15FN2O2S/c18-12-9-8-11-4-3-6-15(14(11)10-12)19-17-13-5-1-2-7-16(13)23(21,22)20-17/h1-2,5,7-10,15H,3-4,6H2,(H,19,20). The second kappa shape index (κ2) is 5.16. The summed E-state index contributed by atoms with van der Waals surface area (Å²) in [6.07, 6.45) is 2.64. The first-order chi connectivity index (χ1) is 11.0. The first-order valence-corrected chi connectivity index (χ1v) is 9.01. The molecule has 4 nitrogen and oxygen atoms in total. The fraction of sp³-hybridized carbons (Fsp3) is 0.235. The Labute approximate surface area is 134 Å². The van der Waals surface area contributed by atoms with Gasteiger partial charge in [-0.25, -0.2) is 12.8 Å². The number of nitrogens with zero attached hydrogens (tertiary/aromatic N) is 1. The van der Waals surface area contributed by atoms with Crippen LogP contribution in [0.4, 0.5) is 4.39 Å². The normalized spacial score (nSPS) is 23.2. The van der Waals surface area contributed by atoms with Crippen molar-refractivity contribution in [1.82, 2.24) is 4.72 Å². The number of hydrogen-bond acceptors (Lipinski definition) is 3. The number of hydrogen-bond donors (Lipinski definition) is 1. The summed E-state index contributed by atoms with van der Waals surface area (Å²) in [7, 11) is -3.55. The molecular formula is C17H15FN2O2S. The van der Waals surface area contributed by atoms with Crippen molar-refractivity contribution < 1.29 is 12.8 Å². The van der Waals surface area contributed by atoms with Crippen molar-refractivity contribution in [3.63, 3.8) is 0 Å². The molecule has 0 aromatic heterocycles. The van der Waals surface area contributed by atoms with Gasteiger partial charge >= 0.3 is 0 Å². The third-order valence-electron chi connectivity index (χ3n) is 4.34. The van der Waals surface area contributed by atoms with E-state index in [0.717, 1.165) is 30.4 Å². The summed E-state index contributed by atoms with van der Waals surface area (Å²) in [5.41, 5.74) is 2.52. The van der Waals surface area contributed by atoms with E-state index in [1.165, 1.54) is 12.1 Å². The van der Waals surface area contributed by atoms with Gasteiger partial charge in [-0.05, 0) is 54.7 Å². The topological polar surface area (TPSA) is 58.5 Å². The molecule has 4 rings (SSSR count). The van der Waals surface area contributed by atoms with E-state index in [9.17, 15) is 12.8 Å². The molecule has 1 aliphatic carbocycles. The molecule has 0 fully saturated rings. The van der Waals surface area contributed by atoms with Crippen LogP contribution in [0.2, 0.25) is 0 Å². The van der Waals surface area contributed by atoms with Gasteiger partial charge in [0.1, 0.15) is 11.7 Å². The van der Waals surface area contributed by atoms with Crippen molar-refractivity contribution in [2.24, 2.45) is 4.99 Å². The lowest BCUT2D eigenvalue weighted by atomic mass is 9.88. The zero-order valence-electron chi connectivity index (χ0n) is 12.3. The van der Waals surface area contributed by atoms with Crippen molar-refractivity contribution in [3.8, 4) is 0 Å². The monoisotopic (exact) mass is 330 g/mol. The van der Waals surface area contributed by atoms with Crippen molar-refractivity contribution in [2.75, 3.05) is 0 Å². The minimum absolute atomic E-state index is 0.224. The van der Waals surface area contributed by atoms with Gasteiger partial charge in [0.25, 0.3) is 10.0 Å². The molecule has 0 amide bonds. The number of nitrogens with one attached hydrogen (secondary N) is 1. The molecule has 1 atom stereocenters. The first kappa shape index (κ1) is 14.4. The molecule has 23 heavy (non-hydrogen) atoms. The van der Waals surface area contributed by atoms with Gasteiger partial charge in [-0.15, -0.1) is 0 Å². The highest BCUT2D eigenvalue weighted by Crippen LogP contribution is 2.34. The number of benzene rings is 2. The highest BCUT2D eigenvalue weighted by atomic mass is 32.2. The van der Waals surface area contributed by atoms with Gasteiger partial charge in [0, 0.05) is 5.56 Å². The van der Waals surface area contributed by atoms with E-state index in [0.29, 0.717) is 11.4 Å². The van der Waals surface area contributed by atoms with Gasteiger partial charge in [-0.1, -0.05) is 18.2 Å². The van der Waals surface area contributed by atoms with Crippen molar-refractivity contribution in [1.29, 1.82) is 0 Å². The highest BCUT2D eigenvalue weighted by molar-refractivity contribution is 7.90. The molecular weight excluding hydrogens is 315 g/mol. The zero-order valence-corrected chi connectivity index (χ0v) is 13.1. The van der Waals surface area contributed by atoms with Crippen LogP contribution in [0.15, 0.2) is 52.4 Å². The van der Waals surface area contributed by atoms with E-state index in [4.69, 9.17) is 0 Å². The number of halogens is 1. The van der Waals surface area contributed by atoms with Crippen LogP contribution < -0.4 is 4.72 Å². The first-order valence-electron chi connectivity index (χ1n) is 7.53. The molecule has 2 aromatic carbocycles. The minimum Gasteiger partial charge on any atom is -0.263 e. The Hall–Kier alpha value is -2.21. The summed E-state index contributed by atoms with van der Waals surface area (Å²) in [6, 6.07) is 11.3. The molecule has 2 aliphatic rings. The number of aryl methyl sites for hydroxylation is 1. The number of rotatable bonds is 1. The van der Waals surface area contributed by atoms with Gasteiger partial charge in [-0.2, -0.15) is 0 Å². The summed E-state index contributed by atoms with van der Waals surface area (Å²) >= 11 is 0. The minimum atomic E-state index is -3.55. The molecule has 6 heteroatoms. The molecule has 118 valence electrons. The van der Waals surface area contributed by atoms with E-state index in [2.05, 4.69) is 9.71 Å². The van der Waals surface area contributed by atoms with E-state index in [-0.39, 0.29) is 16.8 Å². The Kier molecular flexibility index (Phi) is 3.23. The molecule has 0 radical (unpaired) electrons. The van der Waals surface area contributed by atoms with Crippen LogP contribution >= 0.6 is 0 Å². The van der Waals surface area contributed by atoms with Gasteiger partial charge < -0.3 is 0 Å². The molecule has 1 aliphatic heterocycles. The quantitative estimate of drug-likeness (QED) is 0.874. The summed E-state index contributed by atoms with van der Waals surface area (Å²) in [6.45, 7) is 0. The molecule has 2 aromatic rings. The Balaban J connectivity index is 1.81. The lowest BCUT2D eigenvalue weighted by Gasteiger charge is -2.23. The van der Waals surface area contributed by atoms with E-state index >= 15 is 0 Å². The molecule has 0 saturated carbocycles. The third kappa shape index (κ3) is 2.43. The Morgan fingerprint density at radius 1 is 1.17 bits per heavy atom. The lowest BCUT2D eigenvalue weighted by Crippen LogP contribution is -2.23.